The first-order chi connectivity index (χ1) is 13.8. The predicted molar refractivity (Wildman–Crippen MR) is 102 cm³/mol. The third kappa shape index (κ3) is 5.29. The SMILES string of the molecule is COc1ccc(-c2nnc(SC(C)C(=O)Nc3cccc(C(F)(F)F)c3)o2)cc1. The third-order valence-electron chi connectivity index (χ3n) is 3.85. The van der Waals surface area contributed by atoms with Gasteiger partial charge in [0.25, 0.3) is 5.22 Å². The fourth-order valence-corrected chi connectivity index (χ4v) is 3.01. The molecule has 0 aliphatic carbocycles. The molecule has 2 aromatic carbocycles. The van der Waals surface area contributed by atoms with Gasteiger partial charge in [0, 0.05) is 11.3 Å². The van der Waals surface area contributed by atoms with Crippen LogP contribution in [0.15, 0.2) is 58.2 Å². The van der Waals surface area contributed by atoms with Gasteiger partial charge in [-0.05, 0) is 49.4 Å². The summed E-state index contributed by atoms with van der Waals surface area (Å²) in [5.41, 5.74) is -0.0930. The molecule has 1 unspecified atom stereocenters. The molecule has 0 saturated carbocycles. The van der Waals surface area contributed by atoms with E-state index in [0.717, 1.165) is 23.9 Å². The molecule has 152 valence electrons. The van der Waals surface area contributed by atoms with E-state index in [1.165, 1.54) is 12.1 Å². The van der Waals surface area contributed by atoms with E-state index in [-0.39, 0.29) is 16.8 Å². The van der Waals surface area contributed by atoms with Crippen molar-refractivity contribution in [3.63, 3.8) is 0 Å². The Morgan fingerprint density at radius 3 is 2.55 bits per heavy atom. The molecule has 1 aromatic heterocycles. The molecule has 0 spiro atoms. The quantitative estimate of drug-likeness (QED) is 0.569. The van der Waals surface area contributed by atoms with Crippen molar-refractivity contribution in [1.29, 1.82) is 0 Å². The van der Waals surface area contributed by atoms with E-state index in [9.17, 15) is 18.0 Å². The van der Waals surface area contributed by atoms with Crippen molar-refractivity contribution < 1.29 is 27.1 Å². The van der Waals surface area contributed by atoms with Crippen LogP contribution in [0.2, 0.25) is 0 Å². The van der Waals surface area contributed by atoms with Crippen LogP contribution in [0.1, 0.15) is 12.5 Å². The number of benzene rings is 2. The van der Waals surface area contributed by atoms with E-state index in [2.05, 4.69) is 15.5 Å². The van der Waals surface area contributed by atoms with Crippen LogP contribution < -0.4 is 10.1 Å². The largest absolute Gasteiger partial charge is 0.497 e. The number of rotatable bonds is 6. The molecule has 1 amide bonds. The number of nitrogens with one attached hydrogen (secondary N) is 1. The van der Waals surface area contributed by atoms with Crippen LogP contribution in [0, 0.1) is 0 Å². The van der Waals surface area contributed by atoms with Crippen LogP contribution in [0.3, 0.4) is 0 Å². The number of aromatic nitrogens is 2. The van der Waals surface area contributed by atoms with Crippen LogP contribution in [0.5, 0.6) is 5.75 Å². The lowest BCUT2D eigenvalue weighted by Gasteiger charge is -2.12. The van der Waals surface area contributed by atoms with Crippen molar-refractivity contribution in [3.8, 4) is 17.2 Å². The summed E-state index contributed by atoms with van der Waals surface area (Å²) in [6, 6.07) is 11.4. The molecule has 0 fully saturated rings. The van der Waals surface area contributed by atoms with E-state index < -0.39 is 22.9 Å². The van der Waals surface area contributed by atoms with Gasteiger partial charge >= 0.3 is 6.18 Å². The molecule has 1 heterocycles. The molecule has 1 atom stereocenters. The molecule has 10 heteroatoms. The highest BCUT2D eigenvalue weighted by Crippen LogP contribution is 2.31. The van der Waals surface area contributed by atoms with Crippen molar-refractivity contribution in [2.45, 2.75) is 23.6 Å². The second-order valence-electron chi connectivity index (χ2n) is 5.93. The highest BCUT2D eigenvalue weighted by atomic mass is 32.2. The third-order valence-corrected chi connectivity index (χ3v) is 4.78. The number of nitrogens with zero attached hydrogens (tertiary/aromatic N) is 2. The number of anilines is 1. The number of ether oxygens (including phenoxy) is 1. The second kappa shape index (κ2) is 8.56. The number of hydrogen-bond acceptors (Lipinski definition) is 6. The molecule has 0 bridgehead atoms. The highest BCUT2D eigenvalue weighted by molar-refractivity contribution is 8.00. The average Bonchev–Trinajstić information content (AvgIpc) is 3.16. The number of amides is 1. The Labute approximate surface area is 168 Å². The molecule has 3 rings (SSSR count). The van der Waals surface area contributed by atoms with Gasteiger partial charge in [-0.25, -0.2) is 0 Å². The van der Waals surface area contributed by atoms with Crippen LogP contribution in [-0.4, -0.2) is 28.5 Å². The van der Waals surface area contributed by atoms with Gasteiger partial charge in [-0.2, -0.15) is 13.2 Å². The summed E-state index contributed by atoms with van der Waals surface area (Å²) in [4.78, 5) is 12.3. The molecule has 3 aromatic rings. The zero-order valence-electron chi connectivity index (χ0n) is 15.4. The summed E-state index contributed by atoms with van der Waals surface area (Å²) in [7, 11) is 1.56. The monoisotopic (exact) mass is 423 g/mol. The van der Waals surface area contributed by atoms with Gasteiger partial charge in [-0.1, -0.05) is 17.8 Å². The zero-order chi connectivity index (χ0) is 21.0. The lowest BCUT2D eigenvalue weighted by Crippen LogP contribution is -2.22. The minimum absolute atomic E-state index is 0.0572. The maximum Gasteiger partial charge on any atom is 0.416 e. The number of thioether (sulfide) groups is 1. The van der Waals surface area contributed by atoms with Gasteiger partial charge in [0.2, 0.25) is 11.8 Å². The molecule has 6 nitrogen and oxygen atoms in total. The lowest BCUT2D eigenvalue weighted by atomic mass is 10.2. The normalized spacial score (nSPS) is 12.4. The maximum atomic E-state index is 12.8. The minimum Gasteiger partial charge on any atom is -0.497 e. The molecule has 0 radical (unpaired) electrons. The zero-order valence-corrected chi connectivity index (χ0v) is 16.2. The van der Waals surface area contributed by atoms with E-state index in [4.69, 9.17) is 9.15 Å². The van der Waals surface area contributed by atoms with Crippen LogP contribution in [0.25, 0.3) is 11.5 Å². The molecule has 0 aliphatic heterocycles. The van der Waals surface area contributed by atoms with Crippen molar-refractivity contribution in [2.24, 2.45) is 0 Å². The van der Waals surface area contributed by atoms with E-state index in [1.807, 2.05) is 0 Å². The van der Waals surface area contributed by atoms with Crippen molar-refractivity contribution in [2.75, 3.05) is 12.4 Å². The van der Waals surface area contributed by atoms with Crippen molar-refractivity contribution >= 4 is 23.4 Å². The van der Waals surface area contributed by atoms with Crippen LogP contribution in [-0.2, 0) is 11.0 Å². The summed E-state index contributed by atoms with van der Waals surface area (Å²) in [5.74, 6) is 0.474. The van der Waals surface area contributed by atoms with Gasteiger partial charge in [-0.3, -0.25) is 4.79 Å². The molecular formula is C19H16F3N3O3S. The molecule has 0 aliphatic rings. The standard InChI is InChI=1S/C19H16F3N3O3S/c1-11(16(26)23-14-5-3-4-13(10-14)19(20,21)22)29-18-25-24-17(28-18)12-6-8-15(27-2)9-7-12/h3-11H,1-2H3,(H,23,26). The first-order valence-corrected chi connectivity index (χ1v) is 9.27. The topological polar surface area (TPSA) is 77.2 Å². The average molecular weight is 423 g/mol. The highest BCUT2D eigenvalue weighted by Gasteiger charge is 2.30. The fraction of sp³-hybridized carbons (Fsp3) is 0.211. The number of carbonyl (C=O) groups is 1. The second-order valence-corrected chi connectivity index (χ2v) is 7.22. The fourth-order valence-electron chi connectivity index (χ4n) is 2.33. The first-order valence-electron chi connectivity index (χ1n) is 8.39. The van der Waals surface area contributed by atoms with Gasteiger partial charge in [-0.15, -0.1) is 10.2 Å². The number of carbonyl (C=O) groups excluding carboxylic acids is 1. The number of methoxy groups -OCH3 is 1. The summed E-state index contributed by atoms with van der Waals surface area (Å²) in [6.45, 7) is 1.59. The Morgan fingerprint density at radius 1 is 1.17 bits per heavy atom. The number of alkyl halides is 3. The smallest absolute Gasteiger partial charge is 0.416 e. The Kier molecular flexibility index (Phi) is 6.12. The molecular weight excluding hydrogens is 407 g/mol. The van der Waals surface area contributed by atoms with Crippen LogP contribution >= 0.6 is 11.8 Å². The maximum absolute atomic E-state index is 12.8. The summed E-state index contributed by atoms with van der Waals surface area (Å²) in [5, 5.41) is 9.80. The summed E-state index contributed by atoms with van der Waals surface area (Å²) >= 11 is 1.00. The van der Waals surface area contributed by atoms with E-state index in [0.29, 0.717) is 11.3 Å². The Balaban J connectivity index is 1.63. The molecule has 0 saturated heterocycles. The Hall–Kier alpha value is -3.01. The van der Waals surface area contributed by atoms with Gasteiger partial charge in [0.05, 0.1) is 17.9 Å². The Morgan fingerprint density at radius 2 is 1.90 bits per heavy atom. The first kappa shape index (κ1) is 20.7. The Bertz CT molecular complexity index is 990. The van der Waals surface area contributed by atoms with Gasteiger partial charge < -0.3 is 14.5 Å². The predicted octanol–water partition coefficient (Wildman–Crippen LogP) is 4.88. The van der Waals surface area contributed by atoms with E-state index in [1.54, 1.807) is 38.3 Å². The van der Waals surface area contributed by atoms with E-state index >= 15 is 0 Å². The van der Waals surface area contributed by atoms with Gasteiger partial charge in [0.1, 0.15) is 5.75 Å². The summed E-state index contributed by atoms with van der Waals surface area (Å²) < 4.78 is 49.0. The van der Waals surface area contributed by atoms with Gasteiger partial charge in [0.15, 0.2) is 0 Å². The minimum atomic E-state index is -4.48. The lowest BCUT2D eigenvalue weighted by molar-refractivity contribution is -0.137. The number of halogens is 3. The molecule has 29 heavy (non-hydrogen) atoms. The molecule has 1 N–H and O–H groups in total. The van der Waals surface area contributed by atoms with Crippen LogP contribution in [0.4, 0.5) is 18.9 Å². The van der Waals surface area contributed by atoms with Crippen molar-refractivity contribution in [1.82, 2.24) is 10.2 Å². The summed E-state index contributed by atoms with van der Waals surface area (Å²) in [6.07, 6.45) is -4.48. The van der Waals surface area contributed by atoms with Crippen molar-refractivity contribution in [3.05, 3.63) is 54.1 Å². The number of hydrogen-bond donors (Lipinski definition) is 1.